The zero-order chi connectivity index (χ0) is 13.1. The molecule has 0 radical (unpaired) electrons. The third-order valence-corrected chi connectivity index (χ3v) is 3.06. The second kappa shape index (κ2) is 5.46. The predicted octanol–water partition coefficient (Wildman–Crippen LogP) is 4.29. The van der Waals surface area contributed by atoms with Crippen LogP contribution in [-0.4, -0.2) is 0 Å². The Bertz CT molecular complexity index is 575. The molecule has 0 heterocycles. The van der Waals surface area contributed by atoms with Gasteiger partial charge in [0.05, 0.1) is 15.7 Å². The Hall–Kier alpha value is -1.45. The van der Waals surface area contributed by atoms with E-state index in [1.54, 1.807) is 18.2 Å². The van der Waals surface area contributed by atoms with E-state index in [0.29, 0.717) is 27.0 Å². The van der Waals surface area contributed by atoms with Crippen molar-refractivity contribution in [2.75, 3.05) is 5.73 Å². The van der Waals surface area contributed by atoms with Gasteiger partial charge in [0.25, 0.3) is 0 Å². The van der Waals surface area contributed by atoms with Crippen LogP contribution < -0.4 is 10.5 Å². The van der Waals surface area contributed by atoms with Gasteiger partial charge in [-0.15, -0.1) is 0 Å². The zero-order valence-corrected chi connectivity index (χ0v) is 10.8. The van der Waals surface area contributed by atoms with Gasteiger partial charge in [-0.05, 0) is 23.8 Å². The van der Waals surface area contributed by atoms with Gasteiger partial charge in [0, 0.05) is 6.07 Å². The first-order valence-corrected chi connectivity index (χ1v) is 5.93. The van der Waals surface area contributed by atoms with Gasteiger partial charge in [-0.1, -0.05) is 35.3 Å². The first-order valence-electron chi connectivity index (χ1n) is 5.18. The van der Waals surface area contributed by atoms with Crippen molar-refractivity contribution in [3.8, 4) is 5.75 Å². The van der Waals surface area contributed by atoms with Crippen LogP contribution in [0, 0.1) is 5.82 Å². The average Bonchev–Trinajstić information content (AvgIpc) is 2.32. The van der Waals surface area contributed by atoms with Crippen molar-refractivity contribution in [3.63, 3.8) is 0 Å². The molecule has 2 aromatic rings. The van der Waals surface area contributed by atoms with E-state index in [4.69, 9.17) is 33.7 Å². The molecule has 2 N–H and O–H groups in total. The number of rotatable bonds is 3. The maximum absolute atomic E-state index is 13.0. The van der Waals surface area contributed by atoms with E-state index in [1.807, 2.05) is 0 Å². The highest BCUT2D eigenvalue weighted by Gasteiger charge is 2.06. The zero-order valence-electron chi connectivity index (χ0n) is 9.29. The van der Waals surface area contributed by atoms with Crippen molar-refractivity contribution >= 4 is 28.9 Å². The minimum atomic E-state index is -0.307. The Morgan fingerprint density at radius 1 is 1.11 bits per heavy atom. The van der Waals surface area contributed by atoms with Crippen molar-refractivity contribution in [2.45, 2.75) is 6.61 Å². The van der Waals surface area contributed by atoms with Crippen molar-refractivity contribution in [3.05, 3.63) is 57.8 Å². The van der Waals surface area contributed by atoms with Gasteiger partial charge in [0.2, 0.25) is 0 Å². The topological polar surface area (TPSA) is 35.2 Å². The minimum absolute atomic E-state index is 0.208. The summed E-state index contributed by atoms with van der Waals surface area (Å²) in [5, 5.41) is 0.729. The second-order valence-electron chi connectivity index (χ2n) is 3.72. The Morgan fingerprint density at radius 2 is 1.83 bits per heavy atom. The average molecular weight is 286 g/mol. The minimum Gasteiger partial charge on any atom is -0.487 e. The molecule has 94 valence electrons. The van der Waals surface area contributed by atoms with Crippen LogP contribution in [0.3, 0.4) is 0 Å². The maximum atomic E-state index is 13.0. The lowest BCUT2D eigenvalue weighted by molar-refractivity contribution is 0.307. The van der Waals surface area contributed by atoms with Crippen LogP contribution in [0.5, 0.6) is 5.75 Å². The Kier molecular flexibility index (Phi) is 3.94. The van der Waals surface area contributed by atoms with Gasteiger partial charge in [-0.2, -0.15) is 0 Å². The molecular weight excluding hydrogens is 276 g/mol. The summed E-state index contributed by atoms with van der Waals surface area (Å²) in [6.07, 6.45) is 0. The van der Waals surface area contributed by atoms with Gasteiger partial charge in [0.1, 0.15) is 18.2 Å². The molecule has 0 amide bonds. The lowest BCUT2D eigenvalue weighted by Gasteiger charge is -2.10. The monoisotopic (exact) mass is 285 g/mol. The summed E-state index contributed by atoms with van der Waals surface area (Å²) in [5.74, 6) is 0.117. The van der Waals surface area contributed by atoms with E-state index in [-0.39, 0.29) is 12.4 Å². The summed E-state index contributed by atoms with van der Waals surface area (Å²) >= 11 is 11.7. The van der Waals surface area contributed by atoms with E-state index < -0.39 is 0 Å². The molecule has 0 aliphatic heterocycles. The van der Waals surface area contributed by atoms with Crippen molar-refractivity contribution in [2.24, 2.45) is 0 Å². The first kappa shape index (κ1) is 13.0. The third-order valence-electron chi connectivity index (χ3n) is 2.34. The van der Waals surface area contributed by atoms with Crippen molar-refractivity contribution in [1.29, 1.82) is 0 Å². The summed E-state index contributed by atoms with van der Waals surface area (Å²) in [6.45, 7) is 0.208. The summed E-state index contributed by atoms with van der Waals surface area (Å²) < 4.78 is 18.4. The van der Waals surface area contributed by atoms with Gasteiger partial charge >= 0.3 is 0 Å². The second-order valence-corrected chi connectivity index (χ2v) is 4.54. The molecule has 0 aromatic heterocycles. The smallest absolute Gasteiger partial charge is 0.144 e. The SMILES string of the molecule is Nc1cc(Cl)c(Cl)cc1OCc1cccc(F)c1. The first-order chi connectivity index (χ1) is 8.56. The molecule has 18 heavy (non-hydrogen) atoms. The molecule has 0 aliphatic rings. The number of benzene rings is 2. The van der Waals surface area contributed by atoms with E-state index in [1.165, 1.54) is 18.2 Å². The number of nitrogen functional groups attached to an aromatic ring is 1. The van der Waals surface area contributed by atoms with Crippen molar-refractivity contribution in [1.82, 2.24) is 0 Å². The number of nitrogens with two attached hydrogens (primary N) is 1. The summed E-state index contributed by atoms with van der Waals surface area (Å²) in [7, 11) is 0. The number of anilines is 1. The van der Waals surface area contributed by atoms with Crippen molar-refractivity contribution < 1.29 is 9.13 Å². The number of ether oxygens (including phenoxy) is 1. The van der Waals surface area contributed by atoms with Crippen LogP contribution >= 0.6 is 23.2 Å². The largest absolute Gasteiger partial charge is 0.487 e. The number of hydrogen-bond donors (Lipinski definition) is 1. The summed E-state index contributed by atoms with van der Waals surface area (Å²) in [5.41, 5.74) is 6.84. The van der Waals surface area contributed by atoms with Crippen LogP contribution in [0.15, 0.2) is 36.4 Å². The van der Waals surface area contributed by atoms with E-state index >= 15 is 0 Å². The van der Waals surface area contributed by atoms with E-state index in [2.05, 4.69) is 0 Å². The van der Waals surface area contributed by atoms with Crippen LogP contribution in [0.25, 0.3) is 0 Å². The highest BCUT2D eigenvalue weighted by Crippen LogP contribution is 2.32. The summed E-state index contributed by atoms with van der Waals surface area (Å²) in [4.78, 5) is 0. The molecule has 2 aromatic carbocycles. The Morgan fingerprint density at radius 3 is 2.56 bits per heavy atom. The fourth-order valence-corrected chi connectivity index (χ4v) is 1.78. The number of halogens is 3. The number of hydrogen-bond acceptors (Lipinski definition) is 2. The highest BCUT2D eigenvalue weighted by molar-refractivity contribution is 6.42. The lowest BCUT2D eigenvalue weighted by Crippen LogP contribution is -1.99. The molecule has 0 unspecified atom stereocenters. The normalized spacial score (nSPS) is 10.4. The molecule has 0 saturated heterocycles. The molecule has 0 saturated carbocycles. The van der Waals surface area contributed by atoms with Gasteiger partial charge in [0.15, 0.2) is 0 Å². The van der Waals surface area contributed by atoms with Gasteiger partial charge in [-0.3, -0.25) is 0 Å². The maximum Gasteiger partial charge on any atom is 0.144 e. The Labute approximate surface area is 114 Å². The van der Waals surface area contributed by atoms with Gasteiger partial charge in [-0.25, -0.2) is 4.39 Å². The molecule has 0 atom stereocenters. The fourth-order valence-electron chi connectivity index (χ4n) is 1.46. The molecule has 0 bridgehead atoms. The molecular formula is C13H10Cl2FNO. The van der Waals surface area contributed by atoms with E-state index in [0.717, 1.165) is 0 Å². The lowest BCUT2D eigenvalue weighted by atomic mass is 10.2. The van der Waals surface area contributed by atoms with Crippen LogP contribution in [0.1, 0.15) is 5.56 Å². The fraction of sp³-hybridized carbons (Fsp3) is 0.0769. The third kappa shape index (κ3) is 3.06. The van der Waals surface area contributed by atoms with E-state index in [9.17, 15) is 4.39 Å². The summed E-state index contributed by atoms with van der Waals surface area (Å²) in [6, 6.07) is 9.21. The van der Waals surface area contributed by atoms with Crippen LogP contribution in [-0.2, 0) is 6.61 Å². The van der Waals surface area contributed by atoms with Crippen LogP contribution in [0.4, 0.5) is 10.1 Å². The Balaban J connectivity index is 2.13. The molecule has 2 rings (SSSR count). The molecule has 5 heteroatoms. The molecule has 0 aliphatic carbocycles. The molecule has 2 nitrogen and oxygen atoms in total. The standard InChI is InChI=1S/C13H10Cl2FNO/c14-10-5-12(17)13(6-11(10)15)18-7-8-2-1-3-9(16)4-8/h1-6H,7,17H2. The molecule has 0 fully saturated rings. The van der Waals surface area contributed by atoms with Crippen LogP contribution in [0.2, 0.25) is 10.0 Å². The quantitative estimate of drug-likeness (QED) is 0.854. The molecule has 0 spiro atoms. The predicted molar refractivity (Wildman–Crippen MR) is 71.6 cm³/mol. The van der Waals surface area contributed by atoms with Gasteiger partial charge < -0.3 is 10.5 Å². The highest BCUT2D eigenvalue weighted by atomic mass is 35.5.